The van der Waals surface area contributed by atoms with Crippen molar-refractivity contribution in [2.75, 3.05) is 19.7 Å². The second-order valence-corrected chi connectivity index (χ2v) is 4.10. The van der Waals surface area contributed by atoms with Crippen molar-refractivity contribution in [3.05, 3.63) is 11.6 Å². The Kier molecular flexibility index (Phi) is 3.33. The molecule has 1 N–H and O–H groups in total. The minimum atomic E-state index is 0.563. The standard InChI is InChI=1S/C10H18N4O/c1-8-12-13-10(14(8)2)7-15-6-9-3-4-11-5-9/h9,11H,3-7H2,1-2H3. The zero-order valence-corrected chi connectivity index (χ0v) is 9.36. The fourth-order valence-corrected chi connectivity index (χ4v) is 1.75. The van der Waals surface area contributed by atoms with Gasteiger partial charge in [0.05, 0.1) is 6.61 Å². The highest BCUT2D eigenvalue weighted by Crippen LogP contribution is 2.08. The summed E-state index contributed by atoms with van der Waals surface area (Å²) in [5.41, 5.74) is 0. The number of hydrogen-bond donors (Lipinski definition) is 1. The van der Waals surface area contributed by atoms with E-state index >= 15 is 0 Å². The van der Waals surface area contributed by atoms with Crippen LogP contribution in [0, 0.1) is 12.8 Å². The van der Waals surface area contributed by atoms with Crippen LogP contribution in [0.5, 0.6) is 0 Å². The summed E-state index contributed by atoms with van der Waals surface area (Å²) >= 11 is 0. The zero-order chi connectivity index (χ0) is 10.7. The Morgan fingerprint density at radius 2 is 2.40 bits per heavy atom. The Bertz CT molecular complexity index is 317. The molecule has 5 nitrogen and oxygen atoms in total. The number of aryl methyl sites for hydroxylation is 1. The maximum Gasteiger partial charge on any atom is 0.158 e. The van der Waals surface area contributed by atoms with Crippen LogP contribution in [0.15, 0.2) is 0 Å². The Hall–Kier alpha value is -0.940. The van der Waals surface area contributed by atoms with Crippen LogP contribution in [-0.2, 0) is 18.4 Å². The van der Waals surface area contributed by atoms with E-state index in [0.29, 0.717) is 12.5 Å². The average Bonchev–Trinajstić information content (AvgIpc) is 2.83. The van der Waals surface area contributed by atoms with Gasteiger partial charge in [0, 0.05) is 13.6 Å². The maximum atomic E-state index is 5.63. The highest BCUT2D eigenvalue weighted by atomic mass is 16.5. The van der Waals surface area contributed by atoms with Gasteiger partial charge < -0.3 is 14.6 Å². The molecule has 0 amide bonds. The SMILES string of the molecule is Cc1nnc(COCC2CCNC2)n1C. The molecular formula is C10H18N4O. The summed E-state index contributed by atoms with van der Waals surface area (Å²) in [6.07, 6.45) is 1.22. The van der Waals surface area contributed by atoms with Crippen molar-refractivity contribution >= 4 is 0 Å². The first-order chi connectivity index (χ1) is 7.27. The lowest BCUT2D eigenvalue weighted by Gasteiger charge is -2.08. The lowest BCUT2D eigenvalue weighted by atomic mass is 10.1. The Balaban J connectivity index is 1.75. The third-order valence-electron chi connectivity index (χ3n) is 2.93. The molecule has 1 saturated heterocycles. The van der Waals surface area contributed by atoms with Crippen molar-refractivity contribution in [1.29, 1.82) is 0 Å². The van der Waals surface area contributed by atoms with Gasteiger partial charge in [-0.05, 0) is 25.8 Å². The molecule has 0 radical (unpaired) electrons. The smallest absolute Gasteiger partial charge is 0.158 e. The van der Waals surface area contributed by atoms with Crippen LogP contribution in [0.25, 0.3) is 0 Å². The molecule has 0 aromatic carbocycles. The average molecular weight is 210 g/mol. The molecule has 15 heavy (non-hydrogen) atoms. The molecule has 0 saturated carbocycles. The monoisotopic (exact) mass is 210 g/mol. The number of ether oxygens (including phenoxy) is 1. The van der Waals surface area contributed by atoms with Gasteiger partial charge in [-0.25, -0.2) is 0 Å². The largest absolute Gasteiger partial charge is 0.373 e. The summed E-state index contributed by atoms with van der Waals surface area (Å²) in [5, 5.41) is 11.4. The van der Waals surface area contributed by atoms with E-state index in [1.807, 2.05) is 18.5 Å². The quantitative estimate of drug-likeness (QED) is 0.774. The van der Waals surface area contributed by atoms with Crippen LogP contribution in [0.3, 0.4) is 0 Å². The minimum Gasteiger partial charge on any atom is -0.373 e. The molecule has 0 aliphatic carbocycles. The lowest BCUT2D eigenvalue weighted by molar-refractivity contribution is 0.0861. The van der Waals surface area contributed by atoms with E-state index in [-0.39, 0.29) is 0 Å². The molecule has 1 aromatic rings. The van der Waals surface area contributed by atoms with Gasteiger partial charge in [0.2, 0.25) is 0 Å². The Morgan fingerprint density at radius 3 is 3.00 bits per heavy atom. The van der Waals surface area contributed by atoms with Crippen molar-refractivity contribution in [3.63, 3.8) is 0 Å². The van der Waals surface area contributed by atoms with E-state index in [0.717, 1.165) is 31.3 Å². The van der Waals surface area contributed by atoms with Gasteiger partial charge in [0.1, 0.15) is 12.4 Å². The van der Waals surface area contributed by atoms with E-state index in [1.165, 1.54) is 6.42 Å². The summed E-state index contributed by atoms with van der Waals surface area (Å²) in [7, 11) is 1.96. The molecule has 2 rings (SSSR count). The third kappa shape index (κ3) is 2.54. The van der Waals surface area contributed by atoms with E-state index in [1.54, 1.807) is 0 Å². The van der Waals surface area contributed by atoms with Gasteiger partial charge in [0.25, 0.3) is 0 Å². The van der Waals surface area contributed by atoms with Crippen LogP contribution >= 0.6 is 0 Å². The van der Waals surface area contributed by atoms with Crippen LogP contribution in [0.4, 0.5) is 0 Å². The van der Waals surface area contributed by atoms with Gasteiger partial charge in [-0.2, -0.15) is 0 Å². The minimum absolute atomic E-state index is 0.563. The number of nitrogens with one attached hydrogen (secondary N) is 1. The Labute approximate surface area is 89.8 Å². The fraction of sp³-hybridized carbons (Fsp3) is 0.800. The number of aromatic nitrogens is 3. The van der Waals surface area contributed by atoms with E-state index in [9.17, 15) is 0 Å². The summed E-state index contributed by atoms with van der Waals surface area (Å²) in [5.74, 6) is 2.49. The fourth-order valence-electron chi connectivity index (χ4n) is 1.75. The highest BCUT2D eigenvalue weighted by Gasteiger charge is 2.14. The topological polar surface area (TPSA) is 52.0 Å². The molecule has 1 fully saturated rings. The van der Waals surface area contributed by atoms with Gasteiger partial charge in [-0.15, -0.1) is 10.2 Å². The first kappa shape index (κ1) is 10.6. The summed E-state index contributed by atoms with van der Waals surface area (Å²) in [6, 6.07) is 0. The van der Waals surface area contributed by atoms with Gasteiger partial charge in [-0.3, -0.25) is 0 Å². The van der Waals surface area contributed by atoms with E-state index in [4.69, 9.17) is 4.74 Å². The molecule has 0 spiro atoms. The molecule has 1 aromatic heterocycles. The van der Waals surface area contributed by atoms with Crippen LogP contribution in [-0.4, -0.2) is 34.5 Å². The Morgan fingerprint density at radius 1 is 1.53 bits per heavy atom. The van der Waals surface area contributed by atoms with Crippen molar-refractivity contribution in [2.45, 2.75) is 20.0 Å². The van der Waals surface area contributed by atoms with Gasteiger partial charge >= 0.3 is 0 Å². The molecule has 5 heteroatoms. The number of hydrogen-bond acceptors (Lipinski definition) is 4. The molecule has 1 aliphatic heterocycles. The van der Waals surface area contributed by atoms with Crippen molar-refractivity contribution in [3.8, 4) is 0 Å². The highest BCUT2D eigenvalue weighted by molar-refractivity contribution is 4.90. The normalized spacial score (nSPS) is 21.1. The van der Waals surface area contributed by atoms with Crippen LogP contribution < -0.4 is 5.32 Å². The first-order valence-electron chi connectivity index (χ1n) is 5.40. The second kappa shape index (κ2) is 4.72. The summed E-state index contributed by atoms with van der Waals surface area (Å²) in [6.45, 7) is 5.53. The molecule has 1 atom stereocenters. The predicted octanol–water partition coefficient (Wildman–Crippen LogP) is 0.250. The predicted molar refractivity (Wildman–Crippen MR) is 56.4 cm³/mol. The van der Waals surface area contributed by atoms with E-state index < -0.39 is 0 Å². The summed E-state index contributed by atoms with van der Waals surface area (Å²) in [4.78, 5) is 0. The van der Waals surface area contributed by atoms with Crippen molar-refractivity contribution in [2.24, 2.45) is 13.0 Å². The van der Waals surface area contributed by atoms with Crippen LogP contribution in [0.2, 0.25) is 0 Å². The van der Waals surface area contributed by atoms with Gasteiger partial charge in [-0.1, -0.05) is 0 Å². The molecule has 0 bridgehead atoms. The molecule has 1 aliphatic rings. The van der Waals surface area contributed by atoms with E-state index in [2.05, 4.69) is 15.5 Å². The molecule has 84 valence electrons. The summed E-state index contributed by atoms with van der Waals surface area (Å²) < 4.78 is 7.60. The number of rotatable bonds is 4. The lowest BCUT2D eigenvalue weighted by Crippen LogP contribution is -2.14. The third-order valence-corrected chi connectivity index (χ3v) is 2.93. The number of nitrogens with zero attached hydrogens (tertiary/aromatic N) is 3. The maximum absolute atomic E-state index is 5.63. The molecule has 1 unspecified atom stereocenters. The van der Waals surface area contributed by atoms with Crippen molar-refractivity contribution in [1.82, 2.24) is 20.1 Å². The second-order valence-electron chi connectivity index (χ2n) is 4.10. The van der Waals surface area contributed by atoms with Gasteiger partial charge in [0.15, 0.2) is 5.82 Å². The first-order valence-corrected chi connectivity index (χ1v) is 5.40. The molecule has 2 heterocycles. The van der Waals surface area contributed by atoms with Crippen LogP contribution in [0.1, 0.15) is 18.1 Å². The molecular weight excluding hydrogens is 192 g/mol. The van der Waals surface area contributed by atoms with Crippen molar-refractivity contribution < 1.29 is 4.74 Å². The zero-order valence-electron chi connectivity index (χ0n) is 9.36.